The van der Waals surface area contributed by atoms with Gasteiger partial charge in [-0.15, -0.1) is 0 Å². The van der Waals surface area contributed by atoms with Gasteiger partial charge in [0.15, 0.2) is 0 Å². The molecule has 1 aliphatic rings. The monoisotopic (exact) mass is 484 g/mol. The van der Waals surface area contributed by atoms with Crippen LogP contribution in [0.25, 0.3) is 0 Å². The zero-order valence-corrected chi connectivity index (χ0v) is 20.7. The van der Waals surface area contributed by atoms with Crippen LogP contribution in [0.5, 0.6) is 0 Å². The molecule has 1 aromatic heterocycles. The average molecular weight is 485 g/mol. The van der Waals surface area contributed by atoms with Crippen LogP contribution in [-0.4, -0.2) is 68.2 Å². The molecule has 3 rings (SSSR count). The minimum absolute atomic E-state index is 0.0729. The van der Waals surface area contributed by atoms with Gasteiger partial charge in [-0.1, -0.05) is 50.6 Å². The summed E-state index contributed by atoms with van der Waals surface area (Å²) < 4.78 is 1.73. The predicted molar refractivity (Wildman–Crippen MR) is 130 cm³/mol. The van der Waals surface area contributed by atoms with Crippen molar-refractivity contribution in [1.82, 2.24) is 30.3 Å². The fraction of sp³-hybridized carbons (Fsp3) is 0.560. The molecule has 190 valence electrons. The molecule has 2 heterocycles. The molecule has 3 amide bonds. The number of aromatic nitrogens is 3. The molecular formula is C25H36N6O4. The van der Waals surface area contributed by atoms with Gasteiger partial charge >= 0.3 is 0 Å². The number of fused-ring (bicyclic) bond motifs is 1. The van der Waals surface area contributed by atoms with E-state index in [2.05, 4.69) is 20.7 Å². The average Bonchev–Trinajstić information content (AvgIpc) is 3.23. The summed E-state index contributed by atoms with van der Waals surface area (Å²) in [6, 6.07) is 8.61. The smallest absolute Gasteiger partial charge is 0.248 e. The molecule has 0 saturated carbocycles. The van der Waals surface area contributed by atoms with Gasteiger partial charge in [-0.05, 0) is 31.2 Å². The van der Waals surface area contributed by atoms with Crippen molar-refractivity contribution in [3.63, 3.8) is 0 Å². The molecule has 0 unspecified atom stereocenters. The number of aliphatic hydroxyl groups is 1. The first-order valence-electron chi connectivity index (χ1n) is 12.3. The number of carbonyl (C=O) groups is 3. The Morgan fingerprint density at radius 2 is 1.91 bits per heavy atom. The summed E-state index contributed by atoms with van der Waals surface area (Å²) in [7, 11) is 0. The fourth-order valence-corrected chi connectivity index (χ4v) is 4.27. The number of amides is 3. The Bertz CT molecular complexity index is 1010. The molecule has 0 bridgehead atoms. The highest BCUT2D eigenvalue weighted by molar-refractivity contribution is 5.88. The zero-order chi connectivity index (χ0) is 25.4. The summed E-state index contributed by atoms with van der Waals surface area (Å²) in [5.74, 6) is 0.178. The topological polar surface area (TPSA) is 129 Å². The summed E-state index contributed by atoms with van der Waals surface area (Å²) in [6.07, 6.45) is 1.81. The molecule has 0 radical (unpaired) electrons. The maximum absolute atomic E-state index is 13.5. The van der Waals surface area contributed by atoms with Gasteiger partial charge < -0.3 is 20.6 Å². The number of nitrogens with one attached hydrogen (secondary N) is 2. The van der Waals surface area contributed by atoms with Gasteiger partial charge in [-0.3, -0.25) is 14.4 Å². The number of aryl methyl sites for hydroxylation is 1. The maximum atomic E-state index is 13.5. The number of nitrogens with zero attached hydrogens (tertiary/aromatic N) is 4. The Kier molecular flexibility index (Phi) is 9.36. The molecule has 0 aliphatic carbocycles. The van der Waals surface area contributed by atoms with Gasteiger partial charge in [0.25, 0.3) is 0 Å². The van der Waals surface area contributed by atoms with Crippen LogP contribution < -0.4 is 10.6 Å². The van der Waals surface area contributed by atoms with Crippen LogP contribution in [0.4, 0.5) is 0 Å². The van der Waals surface area contributed by atoms with Crippen molar-refractivity contribution in [2.24, 2.45) is 5.92 Å². The van der Waals surface area contributed by atoms with E-state index in [1.54, 1.807) is 11.6 Å². The van der Waals surface area contributed by atoms with Crippen molar-refractivity contribution < 1.29 is 19.5 Å². The molecule has 3 N–H and O–H groups in total. The van der Waals surface area contributed by atoms with E-state index in [4.69, 9.17) is 0 Å². The number of hydrogen-bond acceptors (Lipinski definition) is 6. The second-order valence-electron chi connectivity index (χ2n) is 9.06. The Labute approximate surface area is 206 Å². The summed E-state index contributed by atoms with van der Waals surface area (Å²) in [4.78, 5) is 44.6. The highest BCUT2D eigenvalue weighted by Gasteiger charge is 2.30. The lowest BCUT2D eigenvalue weighted by Crippen LogP contribution is -2.51. The molecule has 0 spiro atoms. The third-order valence-corrected chi connectivity index (χ3v) is 6.43. The van der Waals surface area contributed by atoms with Crippen molar-refractivity contribution in [3.05, 3.63) is 47.5 Å². The normalized spacial score (nSPS) is 20.9. The molecular weight excluding hydrogens is 448 g/mol. The highest BCUT2D eigenvalue weighted by atomic mass is 16.3. The van der Waals surface area contributed by atoms with E-state index in [0.717, 1.165) is 12.0 Å². The van der Waals surface area contributed by atoms with Crippen molar-refractivity contribution in [3.8, 4) is 0 Å². The number of hydrogen-bond donors (Lipinski definition) is 3. The third kappa shape index (κ3) is 7.11. The minimum Gasteiger partial charge on any atom is -0.387 e. The van der Waals surface area contributed by atoms with Crippen LogP contribution in [-0.2, 0) is 27.3 Å². The SMILES string of the molecule is CC[C@H](C)[C@@H]1NC(=O)CCCN(C(=O)CO)CCn2nc(C)nc2[C@H](Cc2ccccc2)NC1=O. The summed E-state index contributed by atoms with van der Waals surface area (Å²) in [5.41, 5.74) is 1.02. The van der Waals surface area contributed by atoms with Gasteiger partial charge in [0.05, 0.1) is 12.6 Å². The maximum Gasteiger partial charge on any atom is 0.248 e. The predicted octanol–water partition coefficient (Wildman–Crippen LogP) is 1.13. The van der Waals surface area contributed by atoms with E-state index in [1.165, 1.54) is 4.90 Å². The van der Waals surface area contributed by atoms with Crippen LogP contribution in [0.2, 0.25) is 0 Å². The number of aliphatic hydroxyl groups excluding tert-OH is 1. The molecule has 1 aliphatic heterocycles. The van der Waals surface area contributed by atoms with E-state index in [9.17, 15) is 19.5 Å². The summed E-state index contributed by atoms with van der Waals surface area (Å²) in [5, 5.41) is 20.0. The van der Waals surface area contributed by atoms with Gasteiger partial charge in [-0.25, -0.2) is 9.67 Å². The first-order valence-corrected chi connectivity index (χ1v) is 12.3. The van der Waals surface area contributed by atoms with Crippen molar-refractivity contribution in [1.29, 1.82) is 0 Å². The van der Waals surface area contributed by atoms with E-state index >= 15 is 0 Å². The van der Waals surface area contributed by atoms with Crippen molar-refractivity contribution >= 4 is 17.7 Å². The summed E-state index contributed by atoms with van der Waals surface area (Å²) >= 11 is 0. The molecule has 35 heavy (non-hydrogen) atoms. The van der Waals surface area contributed by atoms with Crippen molar-refractivity contribution in [2.75, 3.05) is 19.7 Å². The highest BCUT2D eigenvalue weighted by Crippen LogP contribution is 2.20. The van der Waals surface area contributed by atoms with E-state index in [1.807, 2.05) is 44.2 Å². The lowest BCUT2D eigenvalue weighted by molar-refractivity contribution is -0.135. The lowest BCUT2D eigenvalue weighted by atomic mass is 9.97. The van der Waals surface area contributed by atoms with Crippen LogP contribution in [0.1, 0.15) is 56.4 Å². The molecule has 10 heteroatoms. The molecule has 0 saturated heterocycles. The van der Waals surface area contributed by atoms with Gasteiger partial charge in [-0.2, -0.15) is 5.10 Å². The van der Waals surface area contributed by atoms with Crippen LogP contribution in [0.15, 0.2) is 30.3 Å². The van der Waals surface area contributed by atoms with Crippen LogP contribution in [0.3, 0.4) is 0 Å². The Morgan fingerprint density at radius 3 is 2.60 bits per heavy atom. The zero-order valence-electron chi connectivity index (χ0n) is 20.7. The third-order valence-electron chi connectivity index (χ3n) is 6.43. The fourth-order valence-electron chi connectivity index (χ4n) is 4.27. The molecule has 2 aromatic rings. The molecule has 1 aromatic carbocycles. The van der Waals surface area contributed by atoms with Gasteiger partial charge in [0.1, 0.15) is 24.3 Å². The van der Waals surface area contributed by atoms with E-state index in [-0.39, 0.29) is 24.2 Å². The van der Waals surface area contributed by atoms with Crippen LogP contribution >= 0.6 is 0 Å². The second kappa shape index (κ2) is 12.4. The number of benzene rings is 1. The van der Waals surface area contributed by atoms with Crippen molar-refractivity contribution in [2.45, 2.75) is 65.1 Å². The Morgan fingerprint density at radius 1 is 1.17 bits per heavy atom. The van der Waals surface area contributed by atoms with Gasteiger partial charge in [0.2, 0.25) is 17.7 Å². The first kappa shape index (κ1) is 26.3. The van der Waals surface area contributed by atoms with E-state index < -0.39 is 24.6 Å². The quantitative estimate of drug-likeness (QED) is 0.584. The molecule has 10 nitrogen and oxygen atoms in total. The van der Waals surface area contributed by atoms with E-state index in [0.29, 0.717) is 44.1 Å². The Balaban J connectivity index is 2.00. The lowest BCUT2D eigenvalue weighted by Gasteiger charge is -2.28. The molecule has 0 fully saturated rings. The summed E-state index contributed by atoms with van der Waals surface area (Å²) in [6.45, 7) is 6.09. The number of carbonyl (C=O) groups excluding carboxylic acids is 3. The second-order valence-corrected chi connectivity index (χ2v) is 9.06. The largest absolute Gasteiger partial charge is 0.387 e. The Hall–Kier alpha value is -3.27. The first-order chi connectivity index (χ1) is 16.8. The van der Waals surface area contributed by atoms with Crippen LogP contribution in [0, 0.1) is 12.8 Å². The number of rotatable bonds is 5. The minimum atomic E-state index is -0.693. The standard InChI is InChI=1S/C25H36N6O4/c1-4-17(2)23-25(35)27-20(15-19-9-6-5-7-10-19)24-26-18(3)29-31(24)14-13-30(22(34)16-32)12-8-11-21(33)28-23/h5-7,9-10,17,20,23,32H,4,8,11-16H2,1-3H3,(H,27,35)(H,28,33)/t17-,20-,23-/m0/s1. The van der Waals surface area contributed by atoms with Gasteiger partial charge in [0, 0.05) is 19.5 Å². The molecule has 3 atom stereocenters.